The van der Waals surface area contributed by atoms with E-state index in [0.29, 0.717) is 13.0 Å². The highest BCUT2D eigenvalue weighted by Gasteiger charge is 2.12. The molecule has 5 heteroatoms. The second-order valence-corrected chi connectivity index (χ2v) is 5.93. The van der Waals surface area contributed by atoms with Gasteiger partial charge in [0.05, 0.1) is 11.7 Å². The summed E-state index contributed by atoms with van der Waals surface area (Å²) in [6.07, 6.45) is 4.27. The number of carbonyl (C=O) groups excluding carboxylic acids is 1. The first-order chi connectivity index (χ1) is 9.46. The Balaban J connectivity index is 1.78. The van der Waals surface area contributed by atoms with Crippen LogP contribution in [-0.4, -0.2) is 27.6 Å². The van der Waals surface area contributed by atoms with Crippen LogP contribution in [0.3, 0.4) is 0 Å². The Morgan fingerprint density at radius 1 is 1.35 bits per heavy atom. The molecule has 0 radical (unpaired) electrons. The molecule has 20 heavy (non-hydrogen) atoms. The van der Waals surface area contributed by atoms with Crippen LogP contribution in [0.15, 0.2) is 30.6 Å². The average Bonchev–Trinajstić information content (AvgIpc) is 2.76. The minimum Gasteiger partial charge on any atom is -0.351 e. The molecule has 2 heterocycles. The highest BCUT2D eigenvalue weighted by atomic mass is 16.1. The van der Waals surface area contributed by atoms with Gasteiger partial charge in [-0.1, -0.05) is 6.07 Å². The zero-order valence-electron chi connectivity index (χ0n) is 12.3. The molecular formula is C15H22N4O. The van der Waals surface area contributed by atoms with E-state index in [2.05, 4.69) is 15.7 Å². The molecule has 2 rings (SSSR count). The lowest BCUT2D eigenvalue weighted by atomic mass is 10.1. The van der Waals surface area contributed by atoms with Crippen molar-refractivity contribution in [3.63, 3.8) is 0 Å². The molecule has 5 nitrogen and oxygen atoms in total. The summed E-state index contributed by atoms with van der Waals surface area (Å²) < 4.78 is 1.85. The lowest BCUT2D eigenvalue weighted by Crippen LogP contribution is -2.41. The lowest BCUT2D eigenvalue weighted by molar-refractivity contribution is -0.122. The van der Waals surface area contributed by atoms with Crippen LogP contribution in [0, 0.1) is 0 Å². The first-order valence-corrected chi connectivity index (χ1v) is 6.89. The van der Waals surface area contributed by atoms with Crippen LogP contribution in [0.1, 0.15) is 32.8 Å². The lowest BCUT2D eigenvalue weighted by Gasteiger charge is -2.20. The quantitative estimate of drug-likeness (QED) is 0.816. The molecule has 0 aliphatic carbocycles. The van der Waals surface area contributed by atoms with E-state index in [1.807, 2.05) is 55.9 Å². The molecule has 1 amide bonds. The number of fused-ring (bicyclic) bond motifs is 1. The van der Waals surface area contributed by atoms with E-state index in [9.17, 15) is 4.79 Å². The number of hydrogen-bond donors (Lipinski definition) is 2. The summed E-state index contributed by atoms with van der Waals surface area (Å²) in [5, 5.41) is 10.5. The van der Waals surface area contributed by atoms with Crippen LogP contribution in [0.4, 0.5) is 0 Å². The molecule has 2 aromatic rings. The van der Waals surface area contributed by atoms with Gasteiger partial charge in [0, 0.05) is 36.8 Å². The van der Waals surface area contributed by atoms with Gasteiger partial charge < -0.3 is 10.6 Å². The summed E-state index contributed by atoms with van der Waals surface area (Å²) in [6, 6.07) is 5.99. The molecule has 0 spiro atoms. The average molecular weight is 274 g/mol. The minimum atomic E-state index is -0.167. The van der Waals surface area contributed by atoms with Crippen molar-refractivity contribution in [2.24, 2.45) is 0 Å². The van der Waals surface area contributed by atoms with Crippen molar-refractivity contribution in [1.82, 2.24) is 20.2 Å². The van der Waals surface area contributed by atoms with Crippen LogP contribution in [-0.2, 0) is 11.3 Å². The van der Waals surface area contributed by atoms with Crippen molar-refractivity contribution in [1.29, 1.82) is 0 Å². The molecular weight excluding hydrogens is 252 g/mol. The van der Waals surface area contributed by atoms with Crippen LogP contribution in [0.5, 0.6) is 0 Å². The van der Waals surface area contributed by atoms with Crippen LogP contribution < -0.4 is 10.6 Å². The van der Waals surface area contributed by atoms with Gasteiger partial charge in [0.15, 0.2) is 0 Å². The molecule has 0 atom stereocenters. The summed E-state index contributed by atoms with van der Waals surface area (Å²) in [4.78, 5) is 11.7. The molecule has 0 saturated carbocycles. The van der Waals surface area contributed by atoms with E-state index >= 15 is 0 Å². The van der Waals surface area contributed by atoms with Gasteiger partial charge in [0.1, 0.15) is 0 Å². The van der Waals surface area contributed by atoms with E-state index in [1.165, 1.54) is 0 Å². The number of hydrogen-bond acceptors (Lipinski definition) is 3. The summed E-state index contributed by atoms with van der Waals surface area (Å²) in [7, 11) is 0. The summed E-state index contributed by atoms with van der Waals surface area (Å²) in [5.74, 6) is 0.0739. The van der Waals surface area contributed by atoms with Crippen molar-refractivity contribution in [2.75, 3.05) is 6.54 Å². The van der Waals surface area contributed by atoms with Gasteiger partial charge >= 0.3 is 0 Å². The Bertz CT molecular complexity index is 583. The van der Waals surface area contributed by atoms with E-state index in [-0.39, 0.29) is 11.4 Å². The predicted molar refractivity (Wildman–Crippen MR) is 79.4 cm³/mol. The second-order valence-electron chi connectivity index (χ2n) is 5.93. The fourth-order valence-corrected chi connectivity index (χ4v) is 2.03. The smallest absolute Gasteiger partial charge is 0.221 e. The van der Waals surface area contributed by atoms with Crippen LogP contribution in [0.25, 0.3) is 5.52 Å². The number of aromatic nitrogens is 2. The standard InChI is InChI=1S/C15H22N4O/c1-15(2,3)18-14(20)7-8-16-10-12-11-17-19-9-5-4-6-13(12)19/h4-6,9,11,16H,7-8,10H2,1-3H3,(H,18,20). The summed E-state index contributed by atoms with van der Waals surface area (Å²) >= 11 is 0. The van der Waals surface area contributed by atoms with Gasteiger partial charge in [-0.05, 0) is 32.9 Å². The Labute approximate surface area is 119 Å². The number of rotatable bonds is 5. The topological polar surface area (TPSA) is 58.4 Å². The highest BCUT2D eigenvalue weighted by Crippen LogP contribution is 2.09. The number of carbonyl (C=O) groups is 1. The fraction of sp³-hybridized carbons (Fsp3) is 0.467. The van der Waals surface area contributed by atoms with Crippen molar-refractivity contribution >= 4 is 11.4 Å². The Morgan fingerprint density at radius 3 is 2.90 bits per heavy atom. The third-order valence-electron chi connectivity index (χ3n) is 2.86. The predicted octanol–water partition coefficient (Wildman–Crippen LogP) is 1.73. The van der Waals surface area contributed by atoms with Crippen molar-refractivity contribution in [3.8, 4) is 0 Å². The largest absolute Gasteiger partial charge is 0.351 e. The van der Waals surface area contributed by atoms with Crippen molar-refractivity contribution in [3.05, 3.63) is 36.2 Å². The normalized spacial score (nSPS) is 11.8. The molecule has 108 valence electrons. The molecule has 0 aliphatic heterocycles. The Hall–Kier alpha value is -1.88. The first kappa shape index (κ1) is 14.5. The monoisotopic (exact) mass is 274 g/mol. The Morgan fingerprint density at radius 2 is 2.15 bits per heavy atom. The maximum Gasteiger partial charge on any atom is 0.221 e. The molecule has 0 saturated heterocycles. The van der Waals surface area contributed by atoms with Gasteiger partial charge in [0.25, 0.3) is 0 Å². The molecule has 0 aromatic carbocycles. The van der Waals surface area contributed by atoms with Crippen LogP contribution >= 0.6 is 0 Å². The minimum absolute atomic E-state index is 0.0739. The molecule has 0 bridgehead atoms. The third-order valence-corrected chi connectivity index (χ3v) is 2.86. The van der Waals surface area contributed by atoms with Crippen molar-refractivity contribution in [2.45, 2.75) is 39.3 Å². The molecule has 2 N–H and O–H groups in total. The second kappa shape index (κ2) is 6.05. The van der Waals surface area contributed by atoms with Gasteiger partial charge in [-0.3, -0.25) is 4.79 Å². The highest BCUT2D eigenvalue weighted by molar-refractivity contribution is 5.76. The van der Waals surface area contributed by atoms with E-state index in [1.54, 1.807) is 0 Å². The SMILES string of the molecule is CC(C)(C)NC(=O)CCNCc1cnn2ccccc12. The maximum absolute atomic E-state index is 11.7. The van der Waals surface area contributed by atoms with Gasteiger partial charge in [0.2, 0.25) is 5.91 Å². The third kappa shape index (κ3) is 4.06. The number of pyridine rings is 1. The zero-order chi connectivity index (χ0) is 14.6. The summed E-state index contributed by atoms with van der Waals surface area (Å²) in [6.45, 7) is 7.33. The molecule has 0 aliphatic rings. The van der Waals surface area contributed by atoms with Gasteiger partial charge in [-0.2, -0.15) is 5.10 Å². The zero-order valence-corrected chi connectivity index (χ0v) is 12.3. The van der Waals surface area contributed by atoms with E-state index < -0.39 is 0 Å². The van der Waals surface area contributed by atoms with E-state index in [4.69, 9.17) is 0 Å². The fourth-order valence-electron chi connectivity index (χ4n) is 2.03. The molecule has 0 fully saturated rings. The van der Waals surface area contributed by atoms with Gasteiger partial charge in [-0.25, -0.2) is 4.52 Å². The number of nitrogens with one attached hydrogen (secondary N) is 2. The maximum atomic E-state index is 11.7. The van der Waals surface area contributed by atoms with Crippen LogP contribution in [0.2, 0.25) is 0 Å². The first-order valence-electron chi connectivity index (χ1n) is 6.89. The number of nitrogens with zero attached hydrogens (tertiary/aromatic N) is 2. The summed E-state index contributed by atoms with van der Waals surface area (Å²) in [5.41, 5.74) is 2.07. The van der Waals surface area contributed by atoms with Crippen molar-refractivity contribution < 1.29 is 4.79 Å². The van der Waals surface area contributed by atoms with E-state index in [0.717, 1.165) is 17.6 Å². The van der Waals surface area contributed by atoms with Gasteiger partial charge in [-0.15, -0.1) is 0 Å². The molecule has 0 unspecified atom stereocenters. The molecule has 2 aromatic heterocycles. The number of amides is 1. The Kier molecular flexibility index (Phi) is 4.39.